The van der Waals surface area contributed by atoms with Gasteiger partial charge in [0.15, 0.2) is 5.82 Å². The molecule has 0 atom stereocenters. The summed E-state index contributed by atoms with van der Waals surface area (Å²) in [7, 11) is 3.24. The maximum absolute atomic E-state index is 12.5. The van der Waals surface area contributed by atoms with Gasteiger partial charge in [0, 0.05) is 19.7 Å². The number of para-hydroxylation sites is 1. The van der Waals surface area contributed by atoms with Crippen molar-refractivity contribution in [2.24, 2.45) is 7.05 Å². The van der Waals surface area contributed by atoms with Crippen molar-refractivity contribution >= 4 is 39.9 Å². The van der Waals surface area contributed by atoms with Crippen molar-refractivity contribution in [1.29, 1.82) is 0 Å². The average molecular weight is 397 g/mol. The van der Waals surface area contributed by atoms with E-state index in [9.17, 15) is 9.59 Å². The number of nitrogens with one attached hydrogen (secondary N) is 2. The smallest absolute Gasteiger partial charge is 0.262 e. The molecule has 0 fully saturated rings. The van der Waals surface area contributed by atoms with Gasteiger partial charge in [-0.1, -0.05) is 23.7 Å². The summed E-state index contributed by atoms with van der Waals surface area (Å²) < 4.78 is 3.30. The topological polar surface area (TPSA) is 93.3 Å². The first-order chi connectivity index (χ1) is 13.5. The molecule has 142 valence electrons. The number of fused-ring (bicyclic) bond motifs is 3. The number of anilines is 1. The Morgan fingerprint density at radius 2 is 1.96 bits per heavy atom. The van der Waals surface area contributed by atoms with Gasteiger partial charge in [-0.15, -0.1) is 10.2 Å². The Morgan fingerprint density at radius 3 is 2.75 bits per heavy atom. The van der Waals surface area contributed by atoms with Crippen LogP contribution in [0.25, 0.3) is 16.7 Å². The molecule has 2 N–H and O–H groups in total. The summed E-state index contributed by atoms with van der Waals surface area (Å²) in [6, 6.07) is 12.3. The Morgan fingerprint density at radius 1 is 1.18 bits per heavy atom. The van der Waals surface area contributed by atoms with Gasteiger partial charge in [-0.25, -0.2) is 0 Å². The number of carbonyl (C=O) groups excluding carboxylic acids is 1. The first-order valence-corrected chi connectivity index (χ1v) is 8.96. The van der Waals surface area contributed by atoms with E-state index in [-0.39, 0.29) is 11.5 Å². The maximum Gasteiger partial charge on any atom is 0.262 e. The molecule has 0 saturated heterocycles. The Labute approximate surface area is 164 Å². The highest BCUT2D eigenvalue weighted by Crippen LogP contribution is 2.24. The molecule has 28 heavy (non-hydrogen) atoms. The molecule has 2 aromatic heterocycles. The van der Waals surface area contributed by atoms with Gasteiger partial charge in [-0.2, -0.15) is 0 Å². The van der Waals surface area contributed by atoms with E-state index in [1.807, 2.05) is 22.6 Å². The van der Waals surface area contributed by atoms with Gasteiger partial charge in [0.25, 0.3) is 11.5 Å². The molecule has 0 unspecified atom stereocenters. The number of carbonyl (C=O) groups is 1. The molecule has 0 radical (unpaired) electrons. The monoisotopic (exact) mass is 396 g/mol. The van der Waals surface area contributed by atoms with Crippen LogP contribution in [0.2, 0.25) is 5.02 Å². The van der Waals surface area contributed by atoms with Gasteiger partial charge in [0.05, 0.1) is 28.2 Å². The first kappa shape index (κ1) is 18.0. The Hall–Kier alpha value is -3.39. The summed E-state index contributed by atoms with van der Waals surface area (Å²) in [5, 5.41) is 15.3. The predicted molar refractivity (Wildman–Crippen MR) is 108 cm³/mol. The lowest BCUT2D eigenvalue weighted by Gasteiger charge is -2.11. The summed E-state index contributed by atoms with van der Waals surface area (Å²) in [5.74, 6) is 0.863. The summed E-state index contributed by atoms with van der Waals surface area (Å²) in [6.07, 6.45) is 0. The lowest BCUT2D eigenvalue weighted by Crippen LogP contribution is -2.20. The van der Waals surface area contributed by atoms with Crippen LogP contribution in [0.4, 0.5) is 5.69 Å². The minimum Gasteiger partial charge on any atom is -0.376 e. The normalized spacial score (nSPS) is 11.1. The van der Waals surface area contributed by atoms with Gasteiger partial charge < -0.3 is 10.6 Å². The number of aromatic nitrogens is 4. The molecule has 4 aromatic rings. The van der Waals surface area contributed by atoms with Gasteiger partial charge >= 0.3 is 0 Å². The second-order valence-electron chi connectivity index (χ2n) is 6.26. The molecule has 0 aliphatic rings. The van der Waals surface area contributed by atoms with E-state index in [1.165, 1.54) is 4.57 Å². The van der Waals surface area contributed by atoms with Crippen LogP contribution in [0.1, 0.15) is 16.2 Å². The number of amides is 1. The van der Waals surface area contributed by atoms with Crippen molar-refractivity contribution in [2.75, 3.05) is 12.4 Å². The van der Waals surface area contributed by atoms with E-state index < -0.39 is 0 Å². The average Bonchev–Trinajstić information content (AvgIpc) is 3.15. The molecule has 1 amide bonds. The lowest BCUT2D eigenvalue weighted by molar-refractivity contribution is 0.0963. The number of hydrogen-bond donors (Lipinski definition) is 2. The summed E-state index contributed by atoms with van der Waals surface area (Å²) in [5.41, 5.74) is 1.70. The maximum atomic E-state index is 12.5. The third-order valence-corrected chi connectivity index (χ3v) is 4.92. The fraction of sp³-hybridized carbons (Fsp3) is 0.158. The molecule has 0 aliphatic heterocycles. The van der Waals surface area contributed by atoms with E-state index in [0.29, 0.717) is 39.8 Å². The molecular weight excluding hydrogens is 380 g/mol. The molecular formula is C19H17ClN6O2. The van der Waals surface area contributed by atoms with Crippen molar-refractivity contribution in [3.05, 3.63) is 69.2 Å². The number of nitrogens with zero attached hydrogens (tertiary/aromatic N) is 4. The quantitative estimate of drug-likeness (QED) is 0.551. The minimum atomic E-state index is -0.200. The largest absolute Gasteiger partial charge is 0.376 e. The van der Waals surface area contributed by atoms with Crippen LogP contribution in [-0.4, -0.2) is 32.1 Å². The second-order valence-corrected chi connectivity index (χ2v) is 6.67. The SMILES string of the molecule is CNC(=O)c1ccc(Cl)c(NCc2nnc3n(C)c(=O)c4ccccc4n23)c1. The third-order valence-electron chi connectivity index (χ3n) is 4.59. The molecule has 0 bridgehead atoms. The molecule has 2 heterocycles. The van der Waals surface area contributed by atoms with Crippen molar-refractivity contribution in [3.63, 3.8) is 0 Å². The molecule has 0 aliphatic carbocycles. The fourth-order valence-corrected chi connectivity index (χ4v) is 3.31. The molecule has 8 nitrogen and oxygen atoms in total. The first-order valence-electron chi connectivity index (χ1n) is 8.58. The van der Waals surface area contributed by atoms with E-state index >= 15 is 0 Å². The molecule has 0 spiro atoms. The van der Waals surface area contributed by atoms with Crippen LogP contribution in [0, 0.1) is 0 Å². The minimum absolute atomic E-state index is 0.128. The Balaban J connectivity index is 1.76. The standard InChI is InChI=1S/C19H17ClN6O2/c1-21-17(27)11-7-8-13(20)14(9-11)22-10-16-23-24-19-25(2)18(28)12-5-3-4-6-15(12)26(16)19/h3-9,22H,10H2,1-2H3,(H,21,27). The number of rotatable bonds is 4. The molecule has 4 rings (SSSR count). The number of benzene rings is 2. The van der Waals surface area contributed by atoms with Crippen LogP contribution in [-0.2, 0) is 13.6 Å². The van der Waals surface area contributed by atoms with Gasteiger partial charge in [-0.05, 0) is 30.3 Å². The highest BCUT2D eigenvalue weighted by Gasteiger charge is 2.15. The highest BCUT2D eigenvalue weighted by atomic mass is 35.5. The lowest BCUT2D eigenvalue weighted by atomic mass is 10.2. The highest BCUT2D eigenvalue weighted by molar-refractivity contribution is 6.33. The number of halogens is 1. The van der Waals surface area contributed by atoms with Crippen molar-refractivity contribution in [1.82, 2.24) is 24.5 Å². The van der Waals surface area contributed by atoms with Crippen molar-refractivity contribution in [2.45, 2.75) is 6.54 Å². The summed E-state index contributed by atoms with van der Waals surface area (Å²) in [4.78, 5) is 24.4. The van der Waals surface area contributed by atoms with Gasteiger partial charge in [0.1, 0.15) is 0 Å². The Bertz CT molecular complexity index is 1280. The number of hydrogen-bond acceptors (Lipinski definition) is 5. The predicted octanol–water partition coefficient (Wildman–Crippen LogP) is 2.21. The van der Waals surface area contributed by atoms with Crippen molar-refractivity contribution in [3.8, 4) is 0 Å². The van der Waals surface area contributed by atoms with Crippen molar-refractivity contribution < 1.29 is 4.79 Å². The zero-order valence-corrected chi connectivity index (χ0v) is 16.0. The third kappa shape index (κ3) is 2.87. The van der Waals surface area contributed by atoms with Crippen LogP contribution in [0.3, 0.4) is 0 Å². The van der Waals surface area contributed by atoms with E-state index in [4.69, 9.17) is 11.6 Å². The van der Waals surface area contributed by atoms with E-state index in [1.54, 1.807) is 38.4 Å². The summed E-state index contributed by atoms with van der Waals surface area (Å²) in [6.45, 7) is 0.306. The van der Waals surface area contributed by atoms with Gasteiger partial charge in [-0.3, -0.25) is 18.6 Å². The second kappa shape index (κ2) is 6.97. The van der Waals surface area contributed by atoms with E-state index in [0.717, 1.165) is 5.52 Å². The fourth-order valence-electron chi connectivity index (χ4n) is 3.13. The van der Waals surface area contributed by atoms with Crippen LogP contribution in [0.5, 0.6) is 0 Å². The Kier molecular flexibility index (Phi) is 4.48. The molecule has 0 saturated carbocycles. The molecule has 2 aromatic carbocycles. The number of aryl methyl sites for hydroxylation is 1. The molecule has 9 heteroatoms. The zero-order valence-electron chi connectivity index (χ0n) is 15.2. The summed E-state index contributed by atoms with van der Waals surface area (Å²) >= 11 is 6.26. The zero-order chi connectivity index (χ0) is 19.8. The van der Waals surface area contributed by atoms with Gasteiger partial charge in [0.2, 0.25) is 5.78 Å². The van der Waals surface area contributed by atoms with Crippen LogP contribution < -0.4 is 16.2 Å². The van der Waals surface area contributed by atoms with Crippen LogP contribution in [0.15, 0.2) is 47.3 Å². The van der Waals surface area contributed by atoms with Crippen LogP contribution >= 0.6 is 11.6 Å². The van der Waals surface area contributed by atoms with E-state index in [2.05, 4.69) is 20.8 Å².